The average Bonchev–Trinajstić information content (AvgIpc) is 2.46. The van der Waals surface area contributed by atoms with Gasteiger partial charge in [-0.05, 0) is 11.6 Å². The molecule has 22 heavy (non-hydrogen) atoms. The van der Waals surface area contributed by atoms with E-state index < -0.39 is 17.3 Å². The number of carbonyl (C=O) groups is 1. The Labute approximate surface area is 123 Å². The molecule has 0 bridgehead atoms. The number of rotatable bonds is 2. The van der Waals surface area contributed by atoms with Crippen LogP contribution in [-0.2, 0) is 0 Å². The fraction of sp³-hybridized carbons (Fsp3) is 0. The van der Waals surface area contributed by atoms with Crippen LogP contribution in [0.5, 0.6) is 11.5 Å². The van der Waals surface area contributed by atoms with Crippen molar-refractivity contribution >= 4 is 16.7 Å². The molecule has 110 valence electrons. The van der Waals surface area contributed by atoms with E-state index in [2.05, 4.69) is 4.98 Å². The second-order valence-electron chi connectivity index (χ2n) is 4.76. The van der Waals surface area contributed by atoms with Crippen LogP contribution in [0.4, 0.5) is 0 Å². The predicted octanol–water partition coefficient (Wildman–Crippen LogP) is 2.30. The van der Waals surface area contributed by atoms with Gasteiger partial charge in [-0.3, -0.25) is 4.79 Å². The van der Waals surface area contributed by atoms with Gasteiger partial charge in [0, 0.05) is 11.5 Å². The summed E-state index contributed by atoms with van der Waals surface area (Å²) in [5.74, 6) is -2.07. The van der Waals surface area contributed by atoms with Gasteiger partial charge in [-0.15, -0.1) is 0 Å². The maximum Gasteiger partial charge on any atom is 0.338 e. The van der Waals surface area contributed by atoms with Crippen molar-refractivity contribution in [3.8, 4) is 22.8 Å². The fourth-order valence-electron chi connectivity index (χ4n) is 2.46. The highest BCUT2D eigenvalue weighted by molar-refractivity contribution is 6.09. The number of aromatic nitrogens is 1. The Kier molecular flexibility index (Phi) is 3.06. The van der Waals surface area contributed by atoms with E-state index in [1.165, 1.54) is 0 Å². The normalized spacial score (nSPS) is 10.7. The summed E-state index contributed by atoms with van der Waals surface area (Å²) in [7, 11) is 0. The van der Waals surface area contributed by atoms with Crippen molar-refractivity contribution in [1.29, 1.82) is 0 Å². The molecule has 4 N–H and O–H groups in total. The lowest BCUT2D eigenvalue weighted by atomic mass is 9.99. The Balaban J connectivity index is 2.52. The predicted molar refractivity (Wildman–Crippen MR) is 80.3 cm³/mol. The van der Waals surface area contributed by atoms with E-state index in [-0.39, 0.29) is 27.8 Å². The molecule has 0 amide bonds. The van der Waals surface area contributed by atoms with Crippen LogP contribution in [0.25, 0.3) is 22.0 Å². The third-order valence-corrected chi connectivity index (χ3v) is 3.36. The zero-order valence-electron chi connectivity index (χ0n) is 11.2. The Bertz CT molecular complexity index is 944. The molecule has 1 aromatic heterocycles. The van der Waals surface area contributed by atoms with Gasteiger partial charge in [0.05, 0.1) is 16.6 Å². The molecule has 0 aliphatic rings. The van der Waals surface area contributed by atoms with E-state index in [1.54, 1.807) is 30.3 Å². The zero-order valence-corrected chi connectivity index (χ0v) is 11.2. The van der Waals surface area contributed by atoms with E-state index in [4.69, 9.17) is 0 Å². The van der Waals surface area contributed by atoms with Gasteiger partial charge in [-0.1, -0.05) is 30.3 Å². The summed E-state index contributed by atoms with van der Waals surface area (Å²) in [5, 5.41) is 28.8. The summed E-state index contributed by atoms with van der Waals surface area (Å²) in [6.45, 7) is 0. The van der Waals surface area contributed by atoms with Gasteiger partial charge >= 0.3 is 5.97 Å². The third-order valence-electron chi connectivity index (χ3n) is 3.36. The number of nitrogens with one attached hydrogen (secondary N) is 1. The summed E-state index contributed by atoms with van der Waals surface area (Å²) in [6, 6.07) is 10.7. The number of H-pyrrole nitrogens is 1. The molecule has 0 saturated heterocycles. The SMILES string of the molecule is O=C(O)c1c(-c2ccccc2)[nH]c(=O)c2c(O)cc(O)cc12. The molecule has 3 rings (SSSR count). The molecule has 0 aliphatic carbocycles. The Morgan fingerprint density at radius 1 is 1.05 bits per heavy atom. The molecule has 0 aliphatic heterocycles. The summed E-state index contributed by atoms with van der Waals surface area (Å²) in [4.78, 5) is 26.3. The number of hydrogen-bond donors (Lipinski definition) is 4. The van der Waals surface area contributed by atoms with Crippen molar-refractivity contribution in [2.24, 2.45) is 0 Å². The second-order valence-corrected chi connectivity index (χ2v) is 4.76. The quantitative estimate of drug-likeness (QED) is 0.580. The molecular weight excluding hydrogens is 286 g/mol. The molecule has 0 saturated carbocycles. The molecule has 3 aromatic rings. The Hall–Kier alpha value is -3.28. The minimum absolute atomic E-state index is 0.0207. The van der Waals surface area contributed by atoms with E-state index in [0.717, 1.165) is 12.1 Å². The lowest BCUT2D eigenvalue weighted by Crippen LogP contribution is -2.14. The second kappa shape index (κ2) is 4.92. The number of phenols is 2. The number of carboxylic acid groups (broad SMARTS) is 1. The smallest absolute Gasteiger partial charge is 0.338 e. The van der Waals surface area contributed by atoms with Crippen LogP contribution in [-0.4, -0.2) is 26.3 Å². The lowest BCUT2D eigenvalue weighted by molar-refractivity contribution is 0.0699. The van der Waals surface area contributed by atoms with Crippen molar-refractivity contribution in [3.05, 3.63) is 58.4 Å². The lowest BCUT2D eigenvalue weighted by Gasteiger charge is -2.11. The van der Waals surface area contributed by atoms with Crippen LogP contribution in [0.15, 0.2) is 47.3 Å². The molecule has 2 aromatic carbocycles. The number of pyridine rings is 1. The first-order chi connectivity index (χ1) is 10.5. The largest absolute Gasteiger partial charge is 0.508 e. The minimum Gasteiger partial charge on any atom is -0.508 e. The average molecular weight is 297 g/mol. The highest BCUT2D eigenvalue weighted by Gasteiger charge is 2.21. The topological polar surface area (TPSA) is 111 Å². The Morgan fingerprint density at radius 3 is 2.36 bits per heavy atom. The zero-order chi connectivity index (χ0) is 15.9. The van der Waals surface area contributed by atoms with Crippen molar-refractivity contribution in [2.45, 2.75) is 0 Å². The minimum atomic E-state index is -1.27. The van der Waals surface area contributed by atoms with Crippen LogP contribution >= 0.6 is 0 Å². The highest BCUT2D eigenvalue weighted by atomic mass is 16.4. The van der Waals surface area contributed by atoms with E-state index >= 15 is 0 Å². The van der Waals surface area contributed by atoms with Crippen LogP contribution < -0.4 is 5.56 Å². The van der Waals surface area contributed by atoms with Gasteiger partial charge in [-0.2, -0.15) is 0 Å². The summed E-state index contributed by atoms with van der Waals surface area (Å²) in [5.41, 5.74) is -0.180. The molecular formula is C16H11NO5. The number of benzene rings is 2. The van der Waals surface area contributed by atoms with Crippen LogP contribution in [0.2, 0.25) is 0 Å². The van der Waals surface area contributed by atoms with Crippen molar-refractivity contribution in [3.63, 3.8) is 0 Å². The molecule has 6 nitrogen and oxygen atoms in total. The standard InChI is InChI=1S/C16H11NO5/c18-9-6-10-12(11(19)7-9)15(20)17-14(13(10)16(21)22)8-4-2-1-3-5-8/h1-7,18-19H,(H,17,20)(H,21,22). The van der Waals surface area contributed by atoms with Gasteiger partial charge in [0.2, 0.25) is 0 Å². The molecule has 0 spiro atoms. The summed E-state index contributed by atoms with van der Waals surface area (Å²) in [6.07, 6.45) is 0. The first-order valence-corrected chi connectivity index (χ1v) is 6.39. The van der Waals surface area contributed by atoms with Crippen molar-refractivity contribution in [2.75, 3.05) is 0 Å². The number of carboxylic acids is 1. The third kappa shape index (κ3) is 2.07. The van der Waals surface area contributed by atoms with E-state index in [0.29, 0.717) is 5.56 Å². The van der Waals surface area contributed by atoms with Gasteiger partial charge in [0.25, 0.3) is 5.56 Å². The first-order valence-electron chi connectivity index (χ1n) is 6.39. The van der Waals surface area contributed by atoms with E-state index in [9.17, 15) is 24.9 Å². The van der Waals surface area contributed by atoms with Gasteiger partial charge in [0.15, 0.2) is 0 Å². The van der Waals surface area contributed by atoms with Gasteiger partial charge < -0.3 is 20.3 Å². The fourth-order valence-corrected chi connectivity index (χ4v) is 2.46. The monoisotopic (exact) mass is 297 g/mol. The number of aromatic amines is 1. The number of phenolic OH excluding ortho intramolecular Hbond substituents is 2. The maximum absolute atomic E-state index is 12.2. The number of aromatic hydroxyl groups is 2. The Morgan fingerprint density at radius 2 is 1.73 bits per heavy atom. The van der Waals surface area contributed by atoms with Gasteiger partial charge in [-0.25, -0.2) is 4.79 Å². The van der Waals surface area contributed by atoms with E-state index in [1.807, 2.05) is 0 Å². The molecule has 0 atom stereocenters. The first kappa shape index (κ1) is 13.7. The molecule has 0 unspecified atom stereocenters. The molecule has 1 heterocycles. The van der Waals surface area contributed by atoms with Gasteiger partial charge in [0.1, 0.15) is 11.5 Å². The van der Waals surface area contributed by atoms with Crippen molar-refractivity contribution < 1.29 is 20.1 Å². The van der Waals surface area contributed by atoms with Crippen molar-refractivity contribution in [1.82, 2.24) is 4.98 Å². The molecule has 6 heteroatoms. The number of aromatic carboxylic acids is 1. The highest BCUT2D eigenvalue weighted by Crippen LogP contribution is 2.33. The van der Waals surface area contributed by atoms with Crippen LogP contribution in [0.1, 0.15) is 10.4 Å². The molecule has 0 fully saturated rings. The van der Waals surface area contributed by atoms with Crippen LogP contribution in [0, 0.1) is 0 Å². The summed E-state index contributed by atoms with van der Waals surface area (Å²) >= 11 is 0. The maximum atomic E-state index is 12.2. The number of fused-ring (bicyclic) bond motifs is 1. The summed E-state index contributed by atoms with van der Waals surface area (Å²) < 4.78 is 0. The number of hydrogen-bond acceptors (Lipinski definition) is 4. The van der Waals surface area contributed by atoms with Crippen LogP contribution in [0.3, 0.4) is 0 Å². The molecule has 0 radical (unpaired) electrons.